The summed E-state index contributed by atoms with van der Waals surface area (Å²) in [5, 5.41) is 3.39. The normalized spacial score (nSPS) is 16.6. The monoisotopic (exact) mass is 471 g/mol. The van der Waals surface area contributed by atoms with Crippen molar-refractivity contribution in [2.75, 3.05) is 18.8 Å². The molecule has 1 amide bonds. The van der Waals surface area contributed by atoms with Crippen molar-refractivity contribution < 1.29 is 9.53 Å². The Hall–Kier alpha value is -2.91. The Morgan fingerprint density at radius 1 is 1.24 bits per heavy atom. The van der Waals surface area contributed by atoms with Crippen LogP contribution in [0.4, 0.5) is 10.6 Å². The quantitative estimate of drug-likeness (QED) is 0.547. The predicted molar refractivity (Wildman–Crippen MR) is 129 cm³/mol. The average molecular weight is 472 g/mol. The highest BCUT2D eigenvalue weighted by Gasteiger charge is 2.29. The summed E-state index contributed by atoms with van der Waals surface area (Å²) in [6.45, 7) is 9.28. The molecule has 1 aliphatic rings. The Kier molecular flexibility index (Phi) is 6.45. The molecule has 4 rings (SSSR count). The lowest BCUT2D eigenvalue weighted by molar-refractivity contribution is 0.0457. The number of nitrogens with one attached hydrogen (secondary N) is 1. The Morgan fingerprint density at radius 2 is 1.97 bits per heavy atom. The highest BCUT2D eigenvalue weighted by molar-refractivity contribution is 6.29. The highest BCUT2D eigenvalue weighted by Crippen LogP contribution is 2.32. The van der Waals surface area contributed by atoms with Crippen LogP contribution in [0.25, 0.3) is 22.6 Å². The first-order valence-corrected chi connectivity index (χ1v) is 11.5. The largest absolute Gasteiger partial charge is 0.444 e. The van der Waals surface area contributed by atoms with Gasteiger partial charge in [0.05, 0.1) is 11.7 Å². The fraction of sp³-hybridized carbons (Fsp3) is 0.478. The summed E-state index contributed by atoms with van der Waals surface area (Å²) in [7, 11) is 0. The minimum Gasteiger partial charge on any atom is -0.444 e. The van der Waals surface area contributed by atoms with E-state index in [2.05, 4.69) is 31.7 Å². The van der Waals surface area contributed by atoms with Gasteiger partial charge in [0.1, 0.15) is 27.9 Å². The van der Waals surface area contributed by atoms with Crippen LogP contribution >= 0.6 is 11.6 Å². The summed E-state index contributed by atoms with van der Waals surface area (Å²) in [4.78, 5) is 28.1. The zero-order valence-corrected chi connectivity index (χ0v) is 20.1. The molecule has 0 aromatic carbocycles. The van der Waals surface area contributed by atoms with Crippen LogP contribution in [0.1, 0.15) is 46.7 Å². The SMILES string of the molecule is CC(N1CCC(NC(=O)OC(C)(C)C)CC1)n1c(-c2cccnc2N)nc2ccc(Cl)nc21. The Bertz CT molecular complexity index is 1150. The lowest BCUT2D eigenvalue weighted by atomic mass is 10.0. The van der Waals surface area contributed by atoms with E-state index in [4.69, 9.17) is 27.1 Å². The number of fused-ring (bicyclic) bond motifs is 1. The van der Waals surface area contributed by atoms with Crippen molar-refractivity contribution in [1.29, 1.82) is 0 Å². The first-order valence-electron chi connectivity index (χ1n) is 11.1. The van der Waals surface area contributed by atoms with Gasteiger partial charge in [0, 0.05) is 25.3 Å². The number of aromatic nitrogens is 4. The number of hydrogen-bond acceptors (Lipinski definition) is 7. The van der Waals surface area contributed by atoms with Gasteiger partial charge in [-0.05, 0) is 64.8 Å². The Balaban J connectivity index is 1.57. The number of amides is 1. The van der Waals surface area contributed by atoms with Crippen molar-refractivity contribution in [2.45, 2.75) is 58.3 Å². The molecule has 1 atom stereocenters. The number of pyridine rings is 2. The predicted octanol–water partition coefficient (Wildman–Crippen LogP) is 4.24. The number of ether oxygens (including phenoxy) is 1. The molecule has 1 saturated heterocycles. The van der Waals surface area contributed by atoms with Crippen LogP contribution in [0, 0.1) is 0 Å². The zero-order chi connectivity index (χ0) is 23.8. The maximum atomic E-state index is 12.1. The van der Waals surface area contributed by atoms with Gasteiger partial charge in [0.15, 0.2) is 5.65 Å². The summed E-state index contributed by atoms with van der Waals surface area (Å²) in [6, 6.07) is 7.42. The maximum absolute atomic E-state index is 12.1. The zero-order valence-electron chi connectivity index (χ0n) is 19.4. The minimum atomic E-state index is -0.513. The number of imidazole rings is 1. The van der Waals surface area contributed by atoms with E-state index < -0.39 is 5.60 Å². The fourth-order valence-electron chi connectivity index (χ4n) is 4.16. The van der Waals surface area contributed by atoms with Gasteiger partial charge in [-0.2, -0.15) is 0 Å². The van der Waals surface area contributed by atoms with E-state index >= 15 is 0 Å². The summed E-state index contributed by atoms with van der Waals surface area (Å²) in [6.07, 6.45) is 2.86. The minimum absolute atomic E-state index is 0.0574. The van der Waals surface area contributed by atoms with Gasteiger partial charge in [-0.25, -0.2) is 19.7 Å². The number of anilines is 1. The Labute approximate surface area is 198 Å². The van der Waals surface area contributed by atoms with E-state index in [0.29, 0.717) is 22.4 Å². The third-order valence-electron chi connectivity index (χ3n) is 5.74. The van der Waals surface area contributed by atoms with Crippen LogP contribution in [-0.2, 0) is 4.74 Å². The van der Waals surface area contributed by atoms with E-state index in [1.807, 2.05) is 39.0 Å². The summed E-state index contributed by atoms with van der Waals surface area (Å²) in [5.41, 5.74) is 7.86. The molecule has 10 heteroatoms. The third kappa shape index (κ3) is 5.20. The standard InChI is InChI=1S/C23H30ClN7O2/c1-14(30-12-9-15(10-13-30)27-22(32)33-23(2,3)4)31-20(16-6-5-11-26-19(16)25)28-17-7-8-18(24)29-21(17)31/h5-8,11,14-15H,9-10,12-13H2,1-4H3,(H2,25,26)(H,27,32). The number of halogens is 1. The number of carbonyl (C=O) groups is 1. The molecule has 9 nitrogen and oxygen atoms in total. The highest BCUT2D eigenvalue weighted by atomic mass is 35.5. The van der Waals surface area contributed by atoms with Crippen molar-refractivity contribution in [1.82, 2.24) is 29.7 Å². The molecule has 0 aliphatic carbocycles. The van der Waals surface area contributed by atoms with Crippen molar-refractivity contribution >= 4 is 34.7 Å². The molecule has 0 radical (unpaired) electrons. The van der Waals surface area contributed by atoms with Crippen LogP contribution in [0.2, 0.25) is 5.15 Å². The van der Waals surface area contributed by atoms with Crippen molar-refractivity contribution in [3.8, 4) is 11.4 Å². The molecular weight excluding hydrogens is 442 g/mol. The Morgan fingerprint density at radius 3 is 2.64 bits per heavy atom. The van der Waals surface area contributed by atoms with Gasteiger partial charge in [0.2, 0.25) is 0 Å². The van der Waals surface area contributed by atoms with Crippen LogP contribution < -0.4 is 11.1 Å². The van der Waals surface area contributed by atoms with Crippen LogP contribution in [0.5, 0.6) is 0 Å². The summed E-state index contributed by atoms with van der Waals surface area (Å²) >= 11 is 6.23. The molecule has 1 unspecified atom stereocenters. The molecule has 0 spiro atoms. The van der Waals surface area contributed by atoms with Gasteiger partial charge >= 0.3 is 6.09 Å². The lowest BCUT2D eigenvalue weighted by Gasteiger charge is -2.37. The molecule has 3 N–H and O–H groups in total. The average Bonchev–Trinajstić information content (AvgIpc) is 3.11. The summed E-state index contributed by atoms with van der Waals surface area (Å²) in [5.74, 6) is 1.11. The van der Waals surface area contributed by atoms with Gasteiger partial charge < -0.3 is 15.8 Å². The maximum Gasteiger partial charge on any atom is 0.407 e. The smallest absolute Gasteiger partial charge is 0.407 e. The second kappa shape index (κ2) is 9.15. The molecule has 4 heterocycles. The molecule has 1 fully saturated rings. The van der Waals surface area contributed by atoms with Gasteiger partial charge in [-0.3, -0.25) is 9.47 Å². The number of hydrogen-bond donors (Lipinski definition) is 2. The van der Waals surface area contributed by atoms with Crippen LogP contribution in [0.3, 0.4) is 0 Å². The van der Waals surface area contributed by atoms with E-state index in [1.165, 1.54) is 0 Å². The van der Waals surface area contributed by atoms with Gasteiger partial charge in [0.25, 0.3) is 0 Å². The number of likely N-dealkylation sites (tertiary alicyclic amines) is 1. The fourth-order valence-corrected chi connectivity index (χ4v) is 4.30. The van der Waals surface area contributed by atoms with E-state index in [9.17, 15) is 4.79 Å². The number of alkyl carbamates (subject to hydrolysis) is 1. The molecule has 0 bridgehead atoms. The number of nitrogens with two attached hydrogens (primary N) is 1. The molecule has 3 aromatic heterocycles. The lowest BCUT2D eigenvalue weighted by Crippen LogP contribution is -2.47. The molecule has 33 heavy (non-hydrogen) atoms. The molecule has 0 saturated carbocycles. The molecule has 3 aromatic rings. The van der Waals surface area contributed by atoms with Crippen molar-refractivity contribution in [3.63, 3.8) is 0 Å². The van der Waals surface area contributed by atoms with E-state index in [-0.39, 0.29) is 18.3 Å². The van der Waals surface area contributed by atoms with Crippen LogP contribution in [-0.4, -0.2) is 55.2 Å². The molecule has 1 aliphatic heterocycles. The number of carbonyl (C=O) groups excluding carboxylic acids is 1. The number of piperidine rings is 1. The van der Waals surface area contributed by atoms with E-state index in [0.717, 1.165) is 37.0 Å². The molecular formula is C23H30ClN7O2. The topological polar surface area (TPSA) is 111 Å². The summed E-state index contributed by atoms with van der Waals surface area (Å²) < 4.78 is 7.46. The van der Waals surface area contributed by atoms with Crippen molar-refractivity contribution in [2.24, 2.45) is 0 Å². The number of nitrogen functional groups attached to an aromatic ring is 1. The second-order valence-electron chi connectivity index (χ2n) is 9.31. The molecule has 176 valence electrons. The van der Waals surface area contributed by atoms with Gasteiger partial charge in [-0.1, -0.05) is 11.6 Å². The van der Waals surface area contributed by atoms with E-state index in [1.54, 1.807) is 12.3 Å². The van der Waals surface area contributed by atoms with Gasteiger partial charge in [-0.15, -0.1) is 0 Å². The second-order valence-corrected chi connectivity index (χ2v) is 9.69. The number of nitrogens with zero attached hydrogens (tertiary/aromatic N) is 5. The van der Waals surface area contributed by atoms with Crippen LogP contribution in [0.15, 0.2) is 30.5 Å². The third-order valence-corrected chi connectivity index (χ3v) is 5.95. The number of rotatable bonds is 4. The van der Waals surface area contributed by atoms with Crippen molar-refractivity contribution in [3.05, 3.63) is 35.6 Å². The first kappa shape index (κ1) is 23.3. The first-order chi connectivity index (χ1) is 15.6.